The average molecular weight is 494 g/mol. The van der Waals surface area contributed by atoms with Crippen LogP contribution in [0.5, 0.6) is 0 Å². The second-order valence-electron chi connectivity index (χ2n) is 9.66. The zero-order chi connectivity index (χ0) is 24.9. The van der Waals surface area contributed by atoms with E-state index in [1.807, 2.05) is 0 Å². The molecule has 188 valence electrons. The molecule has 0 spiro atoms. The van der Waals surface area contributed by atoms with Crippen LogP contribution in [0.15, 0.2) is 18.2 Å². The van der Waals surface area contributed by atoms with Crippen LogP contribution in [-0.2, 0) is 23.9 Å². The average Bonchev–Trinajstić information content (AvgIpc) is 3.27. The first kappa shape index (κ1) is 23.7. The van der Waals surface area contributed by atoms with E-state index in [1.165, 1.54) is 24.0 Å². The number of hydrogen-bond donors (Lipinski definition) is 2. The standard InChI is InChI=1S/C23H26F4N6O2/c1-12-10-32(11-19-29-31-22(33(12)19)23(25,26)27)21(35)16-8-13(6-7-17(16)24)9-18-14-4-2-3-5-15(14)20(34)30-28-18/h6-8,12,14-15,18,28H,2-5,9-11H2,1H3,(H,30,34)/t12-,14?,15?,18?/m0/s1. The van der Waals surface area contributed by atoms with Gasteiger partial charge in [-0.05, 0) is 49.8 Å². The Hall–Kier alpha value is -3.02. The third kappa shape index (κ3) is 4.39. The lowest BCUT2D eigenvalue weighted by Gasteiger charge is -2.41. The Labute approximate surface area is 199 Å². The van der Waals surface area contributed by atoms with Gasteiger partial charge in [0, 0.05) is 18.5 Å². The number of carbonyl (C=O) groups is 2. The number of nitrogens with zero attached hydrogens (tertiary/aromatic N) is 4. The minimum Gasteiger partial charge on any atom is -0.329 e. The number of rotatable bonds is 3. The predicted molar refractivity (Wildman–Crippen MR) is 115 cm³/mol. The summed E-state index contributed by atoms with van der Waals surface area (Å²) in [6.07, 6.45) is -0.320. The van der Waals surface area contributed by atoms with Gasteiger partial charge in [0.05, 0.1) is 18.2 Å². The molecule has 1 saturated heterocycles. The van der Waals surface area contributed by atoms with Gasteiger partial charge in [0.2, 0.25) is 11.7 Å². The smallest absolute Gasteiger partial charge is 0.329 e. The van der Waals surface area contributed by atoms with Gasteiger partial charge in [-0.15, -0.1) is 10.2 Å². The molecule has 0 radical (unpaired) electrons. The van der Waals surface area contributed by atoms with Crippen molar-refractivity contribution < 1.29 is 27.2 Å². The van der Waals surface area contributed by atoms with Gasteiger partial charge in [0.1, 0.15) is 5.82 Å². The maximum absolute atomic E-state index is 14.7. The van der Waals surface area contributed by atoms with E-state index in [0.29, 0.717) is 6.42 Å². The monoisotopic (exact) mass is 494 g/mol. The van der Waals surface area contributed by atoms with Crippen LogP contribution in [0.25, 0.3) is 0 Å². The molecule has 2 N–H and O–H groups in total. The molecule has 3 unspecified atom stereocenters. The molecular weight excluding hydrogens is 468 g/mol. The molecule has 2 aliphatic heterocycles. The molecule has 8 nitrogen and oxygen atoms in total. The van der Waals surface area contributed by atoms with Gasteiger partial charge in [-0.2, -0.15) is 13.2 Å². The molecule has 5 rings (SSSR count). The second-order valence-corrected chi connectivity index (χ2v) is 9.66. The van der Waals surface area contributed by atoms with Crippen LogP contribution in [-0.4, -0.2) is 44.1 Å². The molecule has 0 bridgehead atoms. The summed E-state index contributed by atoms with van der Waals surface area (Å²) < 4.78 is 55.4. The maximum Gasteiger partial charge on any atom is 0.451 e. The number of hydrogen-bond acceptors (Lipinski definition) is 5. The highest BCUT2D eigenvalue weighted by atomic mass is 19.4. The number of alkyl halides is 3. The van der Waals surface area contributed by atoms with Gasteiger partial charge >= 0.3 is 6.18 Å². The lowest BCUT2D eigenvalue weighted by atomic mass is 9.72. The van der Waals surface area contributed by atoms with E-state index in [1.54, 1.807) is 6.07 Å². The lowest BCUT2D eigenvalue weighted by molar-refractivity contribution is -0.148. The molecule has 3 heterocycles. The Kier molecular flexibility index (Phi) is 6.02. The normalized spacial score (nSPS) is 26.7. The molecule has 35 heavy (non-hydrogen) atoms. The van der Waals surface area contributed by atoms with Crippen molar-refractivity contribution in [1.82, 2.24) is 30.5 Å². The summed E-state index contributed by atoms with van der Waals surface area (Å²) in [5.74, 6) is -2.29. The fourth-order valence-corrected chi connectivity index (χ4v) is 5.70. The van der Waals surface area contributed by atoms with Crippen molar-refractivity contribution in [2.24, 2.45) is 11.8 Å². The van der Waals surface area contributed by atoms with Gasteiger partial charge < -0.3 is 9.47 Å². The van der Waals surface area contributed by atoms with E-state index < -0.39 is 29.8 Å². The molecular formula is C23H26F4N6O2. The predicted octanol–water partition coefficient (Wildman–Crippen LogP) is 3.00. The van der Waals surface area contributed by atoms with Crippen LogP contribution < -0.4 is 10.9 Å². The highest BCUT2D eigenvalue weighted by Crippen LogP contribution is 2.36. The van der Waals surface area contributed by atoms with E-state index in [4.69, 9.17) is 0 Å². The number of hydrazine groups is 1. The van der Waals surface area contributed by atoms with E-state index >= 15 is 0 Å². The van der Waals surface area contributed by atoms with Gasteiger partial charge in [0.15, 0.2) is 5.82 Å². The Morgan fingerprint density at radius 2 is 1.97 bits per heavy atom. The van der Waals surface area contributed by atoms with Crippen LogP contribution in [0, 0.1) is 17.7 Å². The van der Waals surface area contributed by atoms with Gasteiger partial charge in [-0.3, -0.25) is 15.0 Å². The fourth-order valence-electron chi connectivity index (χ4n) is 5.70. The van der Waals surface area contributed by atoms with Gasteiger partial charge in [-0.25, -0.2) is 9.82 Å². The van der Waals surface area contributed by atoms with E-state index in [0.717, 1.165) is 35.8 Å². The first-order valence-corrected chi connectivity index (χ1v) is 11.8. The first-order chi connectivity index (χ1) is 16.6. The topological polar surface area (TPSA) is 92.2 Å². The Balaban J connectivity index is 1.35. The maximum atomic E-state index is 14.7. The van der Waals surface area contributed by atoms with Crippen LogP contribution in [0.3, 0.4) is 0 Å². The highest BCUT2D eigenvalue weighted by Gasteiger charge is 2.42. The minimum atomic E-state index is -4.66. The zero-order valence-corrected chi connectivity index (χ0v) is 19.1. The van der Waals surface area contributed by atoms with Crippen molar-refractivity contribution in [2.45, 2.75) is 63.8 Å². The number of amides is 2. The van der Waals surface area contributed by atoms with Crippen molar-refractivity contribution in [2.75, 3.05) is 6.54 Å². The summed E-state index contributed by atoms with van der Waals surface area (Å²) in [6.45, 7) is 1.31. The van der Waals surface area contributed by atoms with Crippen molar-refractivity contribution in [1.29, 1.82) is 0 Å². The van der Waals surface area contributed by atoms with Crippen molar-refractivity contribution in [3.8, 4) is 0 Å². The third-order valence-corrected chi connectivity index (χ3v) is 7.34. The van der Waals surface area contributed by atoms with Crippen LogP contribution in [0.1, 0.15) is 66.2 Å². The van der Waals surface area contributed by atoms with Crippen LogP contribution in [0.2, 0.25) is 0 Å². The SMILES string of the molecule is C[C@H]1CN(C(=O)c2cc(CC3NNC(=O)C4CCCCC34)ccc2F)Cc2nnc(C(F)(F)F)n21. The van der Waals surface area contributed by atoms with E-state index in [-0.39, 0.29) is 48.3 Å². The molecule has 2 aromatic rings. The van der Waals surface area contributed by atoms with Gasteiger partial charge in [-0.1, -0.05) is 18.9 Å². The number of carbonyl (C=O) groups excluding carboxylic acids is 2. The Bertz CT molecular complexity index is 1150. The van der Waals surface area contributed by atoms with Crippen LogP contribution >= 0.6 is 0 Å². The lowest BCUT2D eigenvalue weighted by Crippen LogP contribution is -2.60. The molecule has 1 aliphatic carbocycles. The number of nitrogens with one attached hydrogen (secondary N) is 2. The molecule has 1 aromatic carbocycles. The van der Waals surface area contributed by atoms with E-state index in [2.05, 4.69) is 21.0 Å². The van der Waals surface area contributed by atoms with Gasteiger partial charge in [0.25, 0.3) is 5.91 Å². The third-order valence-electron chi connectivity index (χ3n) is 7.34. The molecule has 3 aliphatic rings. The molecule has 4 atom stereocenters. The van der Waals surface area contributed by atoms with Crippen molar-refractivity contribution in [3.63, 3.8) is 0 Å². The largest absolute Gasteiger partial charge is 0.451 e. The summed E-state index contributed by atoms with van der Waals surface area (Å²) >= 11 is 0. The van der Waals surface area contributed by atoms with Crippen LogP contribution in [0.4, 0.5) is 17.6 Å². The number of benzene rings is 1. The second kappa shape index (κ2) is 8.89. The van der Waals surface area contributed by atoms with Crippen molar-refractivity contribution in [3.05, 3.63) is 46.8 Å². The number of fused-ring (bicyclic) bond motifs is 2. The first-order valence-electron chi connectivity index (χ1n) is 11.8. The Morgan fingerprint density at radius 3 is 2.74 bits per heavy atom. The quantitative estimate of drug-likeness (QED) is 0.641. The molecule has 2 amide bonds. The summed E-state index contributed by atoms with van der Waals surface area (Å²) in [6, 6.07) is 3.59. The summed E-state index contributed by atoms with van der Waals surface area (Å²) in [5.41, 5.74) is 6.42. The molecule has 12 heteroatoms. The molecule has 1 saturated carbocycles. The molecule has 1 aromatic heterocycles. The summed E-state index contributed by atoms with van der Waals surface area (Å²) in [7, 11) is 0. The number of aromatic nitrogens is 3. The summed E-state index contributed by atoms with van der Waals surface area (Å²) in [5, 5.41) is 6.88. The zero-order valence-electron chi connectivity index (χ0n) is 19.1. The summed E-state index contributed by atoms with van der Waals surface area (Å²) in [4.78, 5) is 26.7. The minimum absolute atomic E-state index is 0.00155. The fraction of sp³-hybridized carbons (Fsp3) is 0.565. The highest BCUT2D eigenvalue weighted by molar-refractivity contribution is 5.94. The van der Waals surface area contributed by atoms with Crippen molar-refractivity contribution >= 4 is 11.8 Å². The molecule has 2 fully saturated rings. The van der Waals surface area contributed by atoms with E-state index in [9.17, 15) is 27.2 Å². The number of halogens is 4. The Morgan fingerprint density at radius 1 is 1.20 bits per heavy atom.